The first kappa shape index (κ1) is 22.3. The van der Waals surface area contributed by atoms with Gasteiger partial charge in [0.05, 0.1) is 13.0 Å². The number of unbranched alkanes of at least 4 members (excludes halogenated alkanes) is 12. The number of aromatic nitrogens is 2. The van der Waals surface area contributed by atoms with Crippen molar-refractivity contribution >= 4 is 0 Å². The summed E-state index contributed by atoms with van der Waals surface area (Å²) in [5.74, 6) is 2.17. The number of rotatable bonds is 17. The average Bonchev–Trinajstić information content (AvgIpc) is 3.04. The summed E-state index contributed by atoms with van der Waals surface area (Å²) in [6.07, 6.45) is 26.8. The fourth-order valence-corrected chi connectivity index (χ4v) is 3.94. The molecule has 146 valence electrons. The molecule has 1 atom stereocenters. The first-order valence-electron chi connectivity index (χ1n) is 11.3. The molecule has 2 nitrogen and oxygen atoms in total. The molecule has 0 aliphatic rings. The molecular formula is C23H45N2+. The molecule has 0 radical (unpaired) electrons. The molecule has 1 rings (SSSR count). The molecule has 0 unspecified atom stereocenters. The first-order chi connectivity index (χ1) is 12.3. The summed E-state index contributed by atoms with van der Waals surface area (Å²) in [6.45, 7) is 4.59. The first-order valence-corrected chi connectivity index (χ1v) is 11.3. The molecule has 2 heteroatoms. The molecule has 0 aliphatic carbocycles. The zero-order valence-electron chi connectivity index (χ0n) is 17.5. The van der Waals surface area contributed by atoms with E-state index in [-0.39, 0.29) is 0 Å². The fourth-order valence-electron chi connectivity index (χ4n) is 3.94. The van der Waals surface area contributed by atoms with Gasteiger partial charge < -0.3 is 0 Å². The lowest BCUT2D eigenvalue weighted by Crippen LogP contribution is -2.32. The minimum Gasteiger partial charge on any atom is -0.247 e. The normalized spacial score (nSPS) is 12.6. The number of hydrogen-bond donors (Lipinski definition) is 1. The highest BCUT2D eigenvalue weighted by atomic mass is 15.0. The summed E-state index contributed by atoms with van der Waals surface area (Å²) >= 11 is 0. The minimum absolute atomic E-state index is 0.728. The summed E-state index contributed by atoms with van der Waals surface area (Å²) in [7, 11) is 2.19. The van der Waals surface area contributed by atoms with Crippen LogP contribution in [0.5, 0.6) is 0 Å². The Hall–Kier alpha value is -0.790. The highest BCUT2D eigenvalue weighted by Gasteiger charge is 2.20. The number of imidazole rings is 1. The highest BCUT2D eigenvalue weighted by molar-refractivity contribution is 4.89. The number of nitrogens with zero attached hydrogens (tertiary/aromatic N) is 1. The maximum Gasteiger partial charge on any atom is 0.257 e. The van der Waals surface area contributed by atoms with E-state index >= 15 is 0 Å². The Labute approximate surface area is 157 Å². The molecule has 1 aromatic rings. The van der Waals surface area contributed by atoms with E-state index in [9.17, 15) is 0 Å². The molecule has 0 saturated heterocycles. The summed E-state index contributed by atoms with van der Waals surface area (Å²) < 4.78 is 2.30. The summed E-state index contributed by atoms with van der Waals surface area (Å²) in [6, 6.07) is 0. The quantitative estimate of drug-likeness (QED) is 0.226. The number of hydrogen-bond acceptors (Lipinski definition) is 0. The van der Waals surface area contributed by atoms with Gasteiger partial charge in [0.25, 0.3) is 5.82 Å². The lowest BCUT2D eigenvalue weighted by atomic mass is 9.93. The van der Waals surface area contributed by atoms with Gasteiger partial charge in [0.1, 0.15) is 12.4 Å². The van der Waals surface area contributed by atoms with Gasteiger partial charge in [-0.2, -0.15) is 0 Å². The number of aromatic amines is 1. The van der Waals surface area contributed by atoms with Crippen LogP contribution in [-0.2, 0) is 7.05 Å². The van der Waals surface area contributed by atoms with E-state index < -0.39 is 0 Å². The third-order valence-electron chi connectivity index (χ3n) is 5.61. The Morgan fingerprint density at radius 2 is 1.16 bits per heavy atom. The van der Waals surface area contributed by atoms with Crippen molar-refractivity contribution in [2.24, 2.45) is 7.05 Å². The van der Waals surface area contributed by atoms with Crippen molar-refractivity contribution < 1.29 is 4.57 Å². The Morgan fingerprint density at radius 1 is 0.720 bits per heavy atom. The van der Waals surface area contributed by atoms with Gasteiger partial charge in [-0.05, 0) is 12.8 Å². The lowest BCUT2D eigenvalue weighted by molar-refractivity contribution is -0.679. The van der Waals surface area contributed by atoms with Gasteiger partial charge in [0, 0.05) is 0 Å². The highest BCUT2D eigenvalue weighted by Crippen LogP contribution is 2.25. The third-order valence-corrected chi connectivity index (χ3v) is 5.61. The zero-order chi connectivity index (χ0) is 18.2. The van der Waals surface area contributed by atoms with Gasteiger partial charge in [0.2, 0.25) is 0 Å². The van der Waals surface area contributed by atoms with Crippen molar-refractivity contribution in [1.82, 2.24) is 4.98 Å². The Kier molecular flexibility index (Phi) is 13.8. The summed E-state index contributed by atoms with van der Waals surface area (Å²) in [4.78, 5) is 3.50. The van der Waals surface area contributed by atoms with E-state index in [0.717, 1.165) is 5.92 Å². The van der Waals surface area contributed by atoms with Gasteiger partial charge in [0.15, 0.2) is 0 Å². The van der Waals surface area contributed by atoms with E-state index in [4.69, 9.17) is 0 Å². The molecule has 0 bridgehead atoms. The van der Waals surface area contributed by atoms with E-state index in [2.05, 4.69) is 42.8 Å². The number of nitrogens with one attached hydrogen (secondary N) is 1. The average molecular weight is 350 g/mol. The molecule has 25 heavy (non-hydrogen) atoms. The Balaban J connectivity index is 2.19. The SMILES string of the molecule is CCCCCCCCCCC[C@H](CCCCCCC)c1[nH]cc[n+]1C. The largest absolute Gasteiger partial charge is 0.257 e. The van der Waals surface area contributed by atoms with Crippen LogP contribution in [0.25, 0.3) is 0 Å². The van der Waals surface area contributed by atoms with Crippen LogP contribution < -0.4 is 4.57 Å². The smallest absolute Gasteiger partial charge is 0.247 e. The molecule has 0 fully saturated rings. The fraction of sp³-hybridized carbons (Fsp3) is 0.870. The molecule has 0 aliphatic heterocycles. The molecule has 1 N–H and O–H groups in total. The minimum atomic E-state index is 0.728. The molecular weight excluding hydrogens is 304 g/mol. The van der Waals surface area contributed by atoms with Crippen molar-refractivity contribution in [2.75, 3.05) is 0 Å². The van der Waals surface area contributed by atoms with Crippen LogP contribution >= 0.6 is 0 Å². The van der Waals surface area contributed by atoms with Crippen LogP contribution in [-0.4, -0.2) is 4.98 Å². The van der Waals surface area contributed by atoms with E-state index in [1.807, 2.05) is 0 Å². The number of aryl methyl sites for hydroxylation is 1. The summed E-state index contributed by atoms with van der Waals surface area (Å²) in [5.41, 5.74) is 0. The maximum absolute atomic E-state index is 3.50. The van der Waals surface area contributed by atoms with Gasteiger partial charge in [-0.25, -0.2) is 9.55 Å². The standard InChI is InChI=1S/C23H44N2/c1-4-6-8-10-11-12-13-15-17-19-22(18-16-14-9-7-5-2)23-24-20-21-25(23)3/h20-22H,4-19H2,1-3H3/p+1/t22-/m0/s1. The van der Waals surface area contributed by atoms with Gasteiger partial charge in [-0.3, -0.25) is 0 Å². The predicted octanol–water partition coefficient (Wildman–Crippen LogP) is 7.20. The van der Waals surface area contributed by atoms with Crippen molar-refractivity contribution in [1.29, 1.82) is 0 Å². The van der Waals surface area contributed by atoms with Crippen molar-refractivity contribution in [2.45, 2.75) is 122 Å². The van der Waals surface area contributed by atoms with Crippen LogP contribution in [0.4, 0.5) is 0 Å². The van der Waals surface area contributed by atoms with E-state index in [1.54, 1.807) is 0 Å². The summed E-state index contributed by atoms with van der Waals surface area (Å²) in [5, 5.41) is 0. The topological polar surface area (TPSA) is 19.7 Å². The van der Waals surface area contributed by atoms with Crippen molar-refractivity contribution in [3.05, 3.63) is 18.2 Å². The van der Waals surface area contributed by atoms with E-state index in [0.29, 0.717) is 0 Å². The second-order valence-corrected chi connectivity index (χ2v) is 7.97. The maximum atomic E-state index is 3.50. The van der Waals surface area contributed by atoms with Crippen molar-refractivity contribution in [3.63, 3.8) is 0 Å². The molecule has 1 aromatic heterocycles. The lowest BCUT2D eigenvalue weighted by Gasteiger charge is -2.13. The van der Waals surface area contributed by atoms with Crippen molar-refractivity contribution in [3.8, 4) is 0 Å². The molecule has 0 saturated carbocycles. The second kappa shape index (κ2) is 15.5. The Morgan fingerprint density at radius 3 is 1.56 bits per heavy atom. The van der Waals surface area contributed by atoms with Gasteiger partial charge in [-0.1, -0.05) is 104 Å². The van der Waals surface area contributed by atoms with Gasteiger partial charge in [-0.15, -0.1) is 0 Å². The zero-order valence-corrected chi connectivity index (χ0v) is 17.5. The molecule has 1 heterocycles. The van der Waals surface area contributed by atoms with Crippen LogP contribution in [0, 0.1) is 0 Å². The van der Waals surface area contributed by atoms with E-state index in [1.165, 1.54) is 109 Å². The molecule has 0 amide bonds. The Bertz CT molecular complexity index is 397. The monoisotopic (exact) mass is 349 g/mol. The van der Waals surface area contributed by atoms with Crippen LogP contribution in [0.2, 0.25) is 0 Å². The molecule has 0 aromatic carbocycles. The van der Waals surface area contributed by atoms with Crippen LogP contribution in [0.3, 0.4) is 0 Å². The number of H-pyrrole nitrogens is 1. The van der Waals surface area contributed by atoms with Crippen LogP contribution in [0.1, 0.15) is 128 Å². The predicted molar refractivity (Wildman–Crippen MR) is 110 cm³/mol. The van der Waals surface area contributed by atoms with Crippen LogP contribution in [0.15, 0.2) is 12.4 Å². The third kappa shape index (κ3) is 10.7. The molecule has 0 spiro atoms. The van der Waals surface area contributed by atoms with Gasteiger partial charge >= 0.3 is 0 Å². The second-order valence-electron chi connectivity index (χ2n) is 7.97.